The molecule has 0 atom stereocenters. The number of nitrogens with zero attached hydrogens (tertiary/aromatic N) is 6. The molecule has 0 aliphatic heterocycles. The van der Waals surface area contributed by atoms with Gasteiger partial charge < -0.3 is 14.7 Å². The third kappa shape index (κ3) is 7.23. The fraction of sp³-hybridized carbons (Fsp3) is 0.216. The molecule has 14 heteroatoms. The molecular weight excluding hydrogens is 673 g/mol. The second-order valence-corrected chi connectivity index (χ2v) is 14.7. The molecule has 0 aliphatic carbocycles. The van der Waals surface area contributed by atoms with Crippen LogP contribution in [0.3, 0.4) is 0 Å². The van der Waals surface area contributed by atoms with Gasteiger partial charge in [0.1, 0.15) is 11.3 Å². The number of hydrogen-bond donors (Lipinski definition) is 1. The Labute approximate surface area is 294 Å². The van der Waals surface area contributed by atoms with Crippen LogP contribution in [0, 0.1) is 10.1 Å². The lowest BCUT2D eigenvalue weighted by Crippen LogP contribution is -2.36. The summed E-state index contributed by atoms with van der Waals surface area (Å²) in [4.78, 5) is 29.7. The number of likely N-dealkylation sites (N-methyl/N-ethyl adjacent to an activating group) is 1. The van der Waals surface area contributed by atoms with Gasteiger partial charge in [0.2, 0.25) is 0 Å². The van der Waals surface area contributed by atoms with Gasteiger partial charge >= 0.3 is 6.09 Å². The molecule has 262 valence electrons. The quantitative estimate of drug-likeness (QED) is 0.120. The van der Waals surface area contributed by atoms with Crippen molar-refractivity contribution in [2.24, 2.45) is 0 Å². The van der Waals surface area contributed by atoms with Crippen molar-refractivity contribution in [2.75, 3.05) is 13.6 Å². The number of hydrogen-bond acceptors (Lipinski definition) is 9. The van der Waals surface area contributed by atoms with Gasteiger partial charge in [-0.3, -0.25) is 14.8 Å². The van der Waals surface area contributed by atoms with Gasteiger partial charge in [-0.1, -0.05) is 36.4 Å². The van der Waals surface area contributed by atoms with Crippen LogP contribution in [-0.2, 0) is 27.9 Å². The molecule has 0 bridgehead atoms. The summed E-state index contributed by atoms with van der Waals surface area (Å²) in [6, 6.07) is 24.6. The first-order valence-electron chi connectivity index (χ1n) is 16.0. The summed E-state index contributed by atoms with van der Waals surface area (Å²) in [5, 5.41) is 26.7. The maximum atomic E-state index is 14.3. The molecule has 1 N–H and O–H groups in total. The topological polar surface area (TPSA) is 163 Å². The van der Waals surface area contributed by atoms with E-state index in [1.165, 1.54) is 39.3 Å². The summed E-state index contributed by atoms with van der Waals surface area (Å²) < 4.78 is 37.0. The number of non-ortho nitro benzene ring substituents is 1. The van der Waals surface area contributed by atoms with E-state index < -0.39 is 26.6 Å². The van der Waals surface area contributed by atoms with E-state index in [0.717, 1.165) is 0 Å². The van der Waals surface area contributed by atoms with Crippen molar-refractivity contribution in [2.45, 2.75) is 44.4 Å². The monoisotopic (exact) mass is 708 g/mol. The second-order valence-electron chi connectivity index (χ2n) is 12.9. The molecule has 1 amide bonds. The number of nitro groups is 1. The predicted octanol–water partition coefficient (Wildman–Crippen LogP) is 6.74. The van der Waals surface area contributed by atoms with Crippen molar-refractivity contribution in [3.05, 3.63) is 119 Å². The molecule has 0 unspecified atom stereocenters. The highest BCUT2D eigenvalue weighted by molar-refractivity contribution is 7.90. The Morgan fingerprint density at radius 2 is 1.69 bits per heavy atom. The summed E-state index contributed by atoms with van der Waals surface area (Å²) in [6.45, 7) is 5.68. The van der Waals surface area contributed by atoms with Crippen molar-refractivity contribution in [1.82, 2.24) is 23.6 Å². The second kappa shape index (κ2) is 13.8. The molecular formula is C37H36N6O7S. The molecule has 0 saturated heterocycles. The average Bonchev–Trinajstić information content (AvgIpc) is 3.73. The largest absolute Gasteiger partial charge is 0.444 e. The highest BCUT2D eigenvalue weighted by Gasteiger charge is 2.28. The predicted molar refractivity (Wildman–Crippen MR) is 192 cm³/mol. The number of aromatic nitrogens is 4. The van der Waals surface area contributed by atoms with E-state index in [4.69, 9.17) is 9.84 Å². The van der Waals surface area contributed by atoms with E-state index in [0.29, 0.717) is 44.6 Å². The molecule has 0 fully saturated rings. The molecule has 3 heterocycles. The van der Waals surface area contributed by atoms with Crippen molar-refractivity contribution in [3.63, 3.8) is 0 Å². The number of rotatable bonds is 10. The highest BCUT2D eigenvalue weighted by Crippen LogP contribution is 2.40. The van der Waals surface area contributed by atoms with Gasteiger partial charge in [0, 0.05) is 54.6 Å². The number of carbonyl (C=O) groups is 1. The Morgan fingerprint density at radius 3 is 2.35 bits per heavy atom. The van der Waals surface area contributed by atoms with Crippen LogP contribution in [0.2, 0.25) is 0 Å². The summed E-state index contributed by atoms with van der Waals surface area (Å²) in [5.41, 5.74) is 3.23. The smallest absolute Gasteiger partial charge is 0.410 e. The van der Waals surface area contributed by atoms with Crippen LogP contribution >= 0.6 is 0 Å². The molecule has 51 heavy (non-hydrogen) atoms. The maximum Gasteiger partial charge on any atom is 0.410 e. The van der Waals surface area contributed by atoms with Crippen molar-refractivity contribution in [1.29, 1.82) is 0 Å². The minimum absolute atomic E-state index is 0.0720. The SMILES string of the molecule is CN(CCn1cc(-c2ccnc3c2cc(-c2cccc(CO)c2)n3S(=O)(=O)c2ccccc2)c(-c2ccc([N+](=O)[O-])cc2)n1)C(=O)OC(C)(C)C. The van der Waals surface area contributed by atoms with Crippen molar-refractivity contribution < 1.29 is 28.0 Å². The van der Waals surface area contributed by atoms with Gasteiger partial charge in [-0.2, -0.15) is 5.10 Å². The zero-order chi connectivity index (χ0) is 36.5. The fourth-order valence-corrected chi connectivity index (χ4v) is 7.15. The van der Waals surface area contributed by atoms with Crippen LogP contribution in [0.5, 0.6) is 0 Å². The molecule has 0 radical (unpaired) electrons. The molecule has 6 aromatic rings. The highest BCUT2D eigenvalue weighted by atomic mass is 32.2. The Bertz CT molecular complexity index is 2340. The number of nitro benzene ring substituents is 1. The summed E-state index contributed by atoms with van der Waals surface area (Å²) in [6.07, 6.45) is 2.83. The molecule has 0 spiro atoms. The van der Waals surface area contributed by atoms with Gasteiger partial charge in [0.25, 0.3) is 15.7 Å². The van der Waals surface area contributed by atoms with Crippen LogP contribution in [0.25, 0.3) is 44.7 Å². The molecule has 3 aromatic heterocycles. The van der Waals surface area contributed by atoms with E-state index in [1.54, 1.807) is 105 Å². The summed E-state index contributed by atoms with van der Waals surface area (Å²) in [7, 11) is -2.54. The van der Waals surface area contributed by atoms with Crippen LogP contribution in [0.15, 0.2) is 108 Å². The van der Waals surface area contributed by atoms with Gasteiger partial charge in [0.15, 0.2) is 5.65 Å². The average molecular weight is 709 g/mol. The van der Waals surface area contributed by atoms with Crippen LogP contribution in [0.1, 0.15) is 26.3 Å². The number of benzene rings is 3. The van der Waals surface area contributed by atoms with Gasteiger partial charge in [-0.25, -0.2) is 22.2 Å². The van der Waals surface area contributed by atoms with Crippen molar-refractivity contribution >= 4 is 32.8 Å². The van der Waals surface area contributed by atoms with Gasteiger partial charge in [-0.15, -0.1) is 0 Å². The zero-order valence-corrected chi connectivity index (χ0v) is 29.2. The summed E-state index contributed by atoms with van der Waals surface area (Å²) in [5.74, 6) is 0. The van der Waals surface area contributed by atoms with E-state index in [1.807, 2.05) is 0 Å². The molecule has 0 saturated carbocycles. The third-order valence-electron chi connectivity index (χ3n) is 8.12. The maximum absolute atomic E-state index is 14.3. The number of fused-ring (bicyclic) bond motifs is 1. The zero-order valence-electron chi connectivity index (χ0n) is 28.4. The van der Waals surface area contributed by atoms with Crippen LogP contribution in [-0.4, -0.2) is 67.4 Å². The number of pyridine rings is 1. The minimum Gasteiger partial charge on any atom is -0.444 e. The number of carbonyl (C=O) groups excluding carboxylic acids is 1. The number of amides is 1. The van der Waals surface area contributed by atoms with E-state index >= 15 is 0 Å². The molecule has 13 nitrogen and oxygen atoms in total. The first-order chi connectivity index (χ1) is 24.3. The standard InChI is InChI=1S/C37H36N6O7S/c1-37(2,3)50-36(45)40(4)19-20-41-23-32(34(39-41)26-13-15-28(16-14-26)43(46)47)30-17-18-38-35-31(30)22-33(27-10-8-9-25(21-27)24-44)42(35)51(48,49)29-11-6-5-7-12-29/h5-18,21-23,44H,19-20,24H2,1-4H3. The molecule has 3 aromatic carbocycles. The normalized spacial score (nSPS) is 11.9. The Hall–Kier alpha value is -5.86. The third-order valence-corrected chi connectivity index (χ3v) is 9.84. The number of ether oxygens (including phenoxy) is 1. The minimum atomic E-state index is -4.17. The molecule has 0 aliphatic rings. The van der Waals surface area contributed by atoms with E-state index in [-0.39, 0.29) is 35.9 Å². The number of aliphatic hydroxyl groups is 1. The van der Waals surface area contributed by atoms with Gasteiger partial charge in [0.05, 0.1) is 28.7 Å². The van der Waals surface area contributed by atoms with Crippen LogP contribution in [0.4, 0.5) is 10.5 Å². The Morgan fingerprint density at radius 1 is 0.961 bits per heavy atom. The van der Waals surface area contributed by atoms with Crippen molar-refractivity contribution in [3.8, 4) is 33.6 Å². The van der Waals surface area contributed by atoms with E-state index in [9.17, 15) is 28.4 Å². The lowest BCUT2D eigenvalue weighted by molar-refractivity contribution is -0.384. The first kappa shape index (κ1) is 35.0. The Balaban J connectivity index is 1.54. The van der Waals surface area contributed by atoms with Gasteiger partial charge in [-0.05, 0) is 79.9 Å². The number of aliphatic hydroxyl groups excluding tert-OH is 1. The Kier molecular flexibility index (Phi) is 9.47. The summed E-state index contributed by atoms with van der Waals surface area (Å²) >= 11 is 0. The lowest BCUT2D eigenvalue weighted by Gasteiger charge is -2.24. The molecule has 6 rings (SSSR count). The lowest BCUT2D eigenvalue weighted by atomic mass is 10.00. The fourth-order valence-electron chi connectivity index (χ4n) is 5.65. The van der Waals surface area contributed by atoms with Crippen LogP contribution < -0.4 is 0 Å². The first-order valence-corrected chi connectivity index (χ1v) is 17.5. The van der Waals surface area contributed by atoms with E-state index in [2.05, 4.69) is 4.98 Å².